The van der Waals surface area contributed by atoms with Crippen LogP contribution in [0.25, 0.3) is 0 Å². The standard InChI is InChI=1S/C32H31BrN2O5/c1-2-20(17-19-7-4-3-5-8-19)30-29(37)28(36)27(31(38)40-30)26(21-11-12-21)22-9-6-10-25(18-22)35-32(39)34-24-15-13-23(33)14-16-24/h3-10,13-16,18,20-21,26,30,36H,2,11-12,17H2,1H3,(H2,34,35,39). The molecular weight excluding hydrogens is 572 g/mol. The van der Waals surface area contributed by atoms with E-state index in [2.05, 4.69) is 26.6 Å². The number of rotatable bonds is 9. The molecule has 1 fully saturated rings. The number of nitrogens with one attached hydrogen (secondary N) is 2. The number of carbonyl (C=O) groups is 3. The van der Waals surface area contributed by atoms with Gasteiger partial charge in [-0.2, -0.15) is 0 Å². The topological polar surface area (TPSA) is 105 Å². The molecular formula is C32H31BrN2O5. The van der Waals surface area contributed by atoms with E-state index in [1.165, 1.54) is 0 Å². The van der Waals surface area contributed by atoms with E-state index in [1.807, 2.05) is 55.5 Å². The number of aliphatic hydroxyl groups excluding tert-OH is 1. The van der Waals surface area contributed by atoms with E-state index >= 15 is 0 Å². The Hall–Kier alpha value is -3.91. The number of hydrogen-bond acceptors (Lipinski definition) is 5. The summed E-state index contributed by atoms with van der Waals surface area (Å²) in [4.78, 5) is 39.4. The number of ether oxygens (including phenoxy) is 1. The first kappa shape index (κ1) is 27.6. The quantitative estimate of drug-likeness (QED) is 0.225. The Morgan fingerprint density at radius 3 is 2.35 bits per heavy atom. The number of urea groups is 1. The van der Waals surface area contributed by atoms with Gasteiger partial charge in [0, 0.05) is 27.7 Å². The first-order valence-electron chi connectivity index (χ1n) is 13.5. The maximum absolute atomic E-state index is 13.4. The van der Waals surface area contributed by atoms with Gasteiger partial charge in [-0.3, -0.25) is 4.79 Å². The van der Waals surface area contributed by atoms with Crippen LogP contribution in [0.1, 0.15) is 43.2 Å². The summed E-state index contributed by atoms with van der Waals surface area (Å²) in [5.74, 6) is -2.38. The van der Waals surface area contributed by atoms with E-state index in [-0.39, 0.29) is 17.4 Å². The lowest BCUT2D eigenvalue weighted by atomic mass is 9.81. The zero-order chi connectivity index (χ0) is 28.2. The van der Waals surface area contributed by atoms with Crippen molar-refractivity contribution in [3.63, 3.8) is 0 Å². The molecule has 3 atom stereocenters. The molecule has 40 heavy (non-hydrogen) atoms. The largest absolute Gasteiger partial charge is 0.504 e. The zero-order valence-electron chi connectivity index (χ0n) is 22.1. The van der Waals surface area contributed by atoms with Gasteiger partial charge in [0.25, 0.3) is 0 Å². The van der Waals surface area contributed by atoms with Crippen LogP contribution in [0.15, 0.2) is 94.7 Å². The monoisotopic (exact) mass is 602 g/mol. The molecule has 7 nitrogen and oxygen atoms in total. The van der Waals surface area contributed by atoms with Crippen molar-refractivity contribution in [3.05, 3.63) is 106 Å². The molecule has 1 aliphatic heterocycles. The molecule has 3 unspecified atom stereocenters. The fourth-order valence-corrected chi connectivity index (χ4v) is 5.57. The predicted molar refractivity (Wildman–Crippen MR) is 157 cm³/mol. The smallest absolute Gasteiger partial charge is 0.339 e. The highest BCUT2D eigenvalue weighted by atomic mass is 79.9. The number of amides is 2. The molecule has 5 rings (SSSR count). The lowest BCUT2D eigenvalue weighted by molar-refractivity contribution is -0.158. The average Bonchev–Trinajstić information content (AvgIpc) is 3.79. The van der Waals surface area contributed by atoms with Crippen molar-refractivity contribution in [3.8, 4) is 0 Å². The third kappa shape index (κ3) is 6.28. The molecule has 0 saturated heterocycles. The maximum atomic E-state index is 13.4. The summed E-state index contributed by atoms with van der Waals surface area (Å²) >= 11 is 3.37. The summed E-state index contributed by atoms with van der Waals surface area (Å²) in [6.45, 7) is 1.95. The van der Waals surface area contributed by atoms with Gasteiger partial charge in [-0.25, -0.2) is 9.59 Å². The highest BCUT2D eigenvalue weighted by Crippen LogP contribution is 2.49. The molecule has 2 amide bonds. The Kier molecular flexibility index (Phi) is 8.35. The predicted octanol–water partition coefficient (Wildman–Crippen LogP) is 7.16. The lowest BCUT2D eigenvalue weighted by Crippen LogP contribution is -2.42. The number of halogens is 1. The summed E-state index contributed by atoms with van der Waals surface area (Å²) in [6.07, 6.45) is 1.87. The van der Waals surface area contributed by atoms with Crippen molar-refractivity contribution in [1.82, 2.24) is 0 Å². The van der Waals surface area contributed by atoms with Gasteiger partial charge in [0.05, 0.1) is 5.57 Å². The number of esters is 1. The zero-order valence-corrected chi connectivity index (χ0v) is 23.7. The fraction of sp³-hybridized carbons (Fsp3) is 0.281. The molecule has 0 bridgehead atoms. The van der Waals surface area contributed by atoms with Gasteiger partial charge in [0.2, 0.25) is 5.78 Å². The summed E-state index contributed by atoms with van der Waals surface area (Å²) in [5.41, 5.74) is 2.94. The Labute approximate surface area is 241 Å². The van der Waals surface area contributed by atoms with Crippen LogP contribution in [0.3, 0.4) is 0 Å². The van der Waals surface area contributed by atoms with Crippen LogP contribution < -0.4 is 10.6 Å². The molecule has 2 aliphatic rings. The van der Waals surface area contributed by atoms with Crippen LogP contribution in [-0.4, -0.2) is 29.0 Å². The molecule has 206 valence electrons. The van der Waals surface area contributed by atoms with Gasteiger partial charge >= 0.3 is 12.0 Å². The Morgan fingerprint density at radius 1 is 0.975 bits per heavy atom. The Morgan fingerprint density at radius 2 is 1.68 bits per heavy atom. The third-order valence-electron chi connectivity index (χ3n) is 7.50. The number of aliphatic hydroxyl groups is 1. The minimum absolute atomic E-state index is 0.00905. The lowest BCUT2D eigenvalue weighted by Gasteiger charge is -2.31. The van der Waals surface area contributed by atoms with Gasteiger partial charge in [-0.05, 0) is 79.1 Å². The van der Waals surface area contributed by atoms with Gasteiger partial charge in [-0.1, -0.05) is 65.3 Å². The number of carbonyl (C=O) groups excluding carboxylic acids is 3. The molecule has 3 aromatic carbocycles. The van der Waals surface area contributed by atoms with Crippen molar-refractivity contribution in [2.24, 2.45) is 11.8 Å². The Balaban J connectivity index is 1.36. The fourth-order valence-electron chi connectivity index (χ4n) is 5.30. The van der Waals surface area contributed by atoms with Crippen LogP contribution in [0.5, 0.6) is 0 Å². The minimum atomic E-state index is -1.03. The first-order chi connectivity index (χ1) is 19.3. The van der Waals surface area contributed by atoms with Crippen molar-refractivity contribution >= 4 is 45.1 Å². The number of benzene rings is 3. The number of Topliss-reactive ketones (excluding diaryl/α,β-unsaturated/α-hetero) is 1. The molecule has 1 heterocycles. The summed E-state index contributed by atoms with van der Waals surface area (Å²) in [7, 11) is 0. The molecule has 3 N–H and O–H groups in total. The molecule has 1 saturated carbocycles. The SMILES string of the molecule is CCC(Cc1ccccc1)C1OC(=O)C(C(c2cccc(NC(=O)Nc3ccc(Br)cc3)c2)C2CC2)=C(O)C1=O. The molecule has 0 aromatic heterocycles. The minimum Gasteiger partial charge on any atom is -0.504 e. The van der Waals surface area contributed by atoms with Crippen LogP contribution in [0.4, 0.5) is 16.2 Å². The van der Waals surface area contributed by atoms with Crippen molar-refractivity contribution < 1.29 is 24.2 Å². The van der Waals surface area contributed by atoms with E-state index in [0.29, 0.717) is 24.2 Å². The first-order valence-corrected chi connectivity index (χ1v) is 14.3. The van der Waals surface area contributed by atoms with Crippen LogP contribution in [0, 0.1) is 11.8 Å². The second-order valence-corrected chi connectivity index (χ2v) is 11.3. The maximum Gasteiger partial charge on any atom is 0.339 e. The molecule has 0 spiro atoms. The van der Waals surface area contributed by atoms with Crippen LogP contribution in [-0.2, 0) is 20.7 Å². The molecule has 1 aliphatic carbocycles. The summed E-state index contributed by atoms with van der Waals surface area (Å²) in [5, 5.41) is 16.7. The third-order valence-corrected chi connectivity index (χ3v) is 8.03. The summed E-state index contributed by atoms with van der Waals surface area (Å²) < 4.78 is 6.67. The van der Waals surface area contributed by atoms with Crippen molar-refractivity contribution in [2.45, 2.75) is 44.6 Å². The van der Waals surface area contributed by atoms with Crippen LogP contribution in [0.2, 0.25) is 0 Å². The number of ketones is 1. The van der Waals surface area contributed by atoms with E-state index in [0.717, 1.165) is 28.4 Å². The van der Waals surface area contributed by atoms with Crippen molar-refractivity contribution in [2.75, 3.05) is 10.6 Å². The Bertz CT molecular complexity index is 1430. The van der Waals surface area contributed by atoms with Crippen LogP contribution >= 0.6 is 15.9 Å². The molecule has 3 aromatic rings. The second-order valence-electron chi connectivity index (χ2n) is 10.3. The second kappa shape index (κ2) is 12.1. The van der Waals surface area contributed by atoms with Gasteiger partial charge in [0.1, 0.15) is 0 Å². The van der Waals surface area contributed by atoms with Gasteiger partial charge in [-0.15, -0.1) is 0 Å². The van der Waals surface area contributed by atoms with E-state index in [9.17, 15) is 19.5 Å². The van der Waals surface area contributed by atoms with E-state index < -0.39 is 35.6 Å². The number of hydrogen-bond donors (Lipinski definition) is 3. The van der Waals surface area contributed by atoms with Crippen molar-refractivity contribution in [1.29, 1.82) is 0 Å². The highest BCUT2D eigenvalue weighted by molar-refractivity contribution is 9.10. The average molecular weight is 604 g/mol. The number of cyclic esters (lactones) is 1. The highest BCUT2D eigenvalue weighted by Gasteiger charge is 2.47. The van der Waals surface area contributed by atoms with Gasteiger partial charge < -0.3 is 20.5 Å². The normalized spacial score (nSPS) is 18.6. The van der Waals surface area contributed by atoms with E-state index in [1.54, 1.807) is 30.3 Å². The van der Waals surface area contributed by atoms with Gasteiger partial charge in [0.15, 0.2) is 11.9 Å². The summed E-state index contributed by atoms with van der Waals surface area (Å²) in [6, 6.07) is 23.7. The molecule has 8 heteroatoms. The van der Waals surface area contributed by atoms with E-state index in [4.69, 9.17) is 4.74 Å². The molecule has 0 radical (unpaired) electrons. The number of anilines is 2.